The second kappa shape index (κ2) is 7.04. The van der Waals surface area contributed by atoms with Gasteiger partial charge in [-0.25, -0.2) is 8.78 Å². The topological polar surface area (TPSA) is 41.1 Å². The van der Waals surface area contributed by atoms with Crippen LogP contribution in [0.2, 0.25) is 5.02 Å². The van der Waals surface area contributed by atoms with Crippen LogP contribution < -0.4 is 10.6 Å². The van der Waals surface area contributed by atoms with Gasteiger partial charge in [0.25, 0.3) is 0 Å². The molecule has 0 bridgehead atoms. The zero-order valence-electron chi connectivity index (χ0n) is 11.0. The second-order valence-corrected chi connectivity index (χ2v) is 4.75. The first kappa shape index (κ1) is 15.3. The van der Waals surface area contributed by atoms with E-state index in [1.807, 2.05) is 6.07 Å². The van der Waals surface area contributed by atoms with Gasteiger partial charge in [-0.05, 0) is 29.8 Å². The van der Waals surface area contributed by atoms with E-state index in [4.69, 9.17) is 11.6 Å². The summed E-state index contributed by atoms with van der Waals surface area (Å²) in [6.07, 6.45) is 0. The minimum Gasteiger partial charge on any atom is -0.374 e. The molecule has 3 nitrogen and oxygen atoms in total. The molecule has 0 fully saturated rings. The Balaban J connectivity index is 1.85. The molecule has 0 spiro atoms. The van der Waals surface area contributed by atoms with Gasteiger partial charge < -0.3 is 10.6 Å². The summed E-state index contributed by atoms with van der Waals surface area (Å²) >= 11 is 5.96. The van der Waals surface area contributed by atoms with Crippen LogP contribution in [0.25, 0.3) is 0 Å². The summed E-state index contributed by atoms with van der Waals surface area (Å²) in [4.78, 5) is 11.7. The van der Waals surface area contributed by atoms with Crippen molar-refractivity contribution in [2.75, 3.05) is 11.9 Å². The third-order valence-electron chi connectivity index (χ3n) is 2.80. The first-order valence-electron chi connectivity index (χ1n) is 6.25. The highest BCUT2D eigenvalue weighted by atomic mass is 35.5. The highest BCUT2D eigenvalue weighted by molar-refractivity contribution is 6.31. The number of amides is 1. The molecular formula is C15H13ClF2N2O. The van der Waals surface area contributed by atoms with Gasteiger partial charge in [-0.3, -0.25) is 4.79 Å². The van der Waals surface area contributed by atoms with E-state index < -0.39 is 11.6 Å². The molecular weight excluding hydrogens is 298 g/mol. The van der Waals surface area contributed by atoms with Crippen LogP contribution in [0.3, 0.4) is 0 Å². The monoisotopic (exact) mass is 310 g/mol. The van der Waals surface area contributed by atoms with Crippen molar-refractivity contribution in [3.63, 3.8) is 0 Å². The molecule has 2 aromatic rings. The molecule has 0 aliphatic carbocycles. The maximum absolute atomic E-state index is 13.3. The van der Waals surface area contributed by atoms with E-state index in [1.54, 1.807) is 18.2 Å². The zero-order chi connectivity index (χ0) is 15.2. The van der Waals surface area contributed by atoms with E-state index in [9.17, 15) is 13.6 Å². The van der Waals surface area contributed by atoms with Crippen LogP contribution in [0.4, 0.5) is 14.5 Å². The first-order valence-corrected chi connectivity index (χ1v) is 6.63. The van der Waals surface area contributed by atoms with Gasteiger partial charge in [0, 0.05) is 11.6 Å². The molecule has 0 saturated heterocycles. The molecule has 2 N–H and O–H groups in total. The van der Waals surface area contributed by atoms with Crippen molar-refractivity contribution in [3.05, 3.63) is 64.7 Å². The van der Waals surface area contributed by atoms with Crippen molar-refractivity contribution in [2.45, 2.75) is 6.54 Å². The summed E-state index contributed by atoms with van der Waals surface area (Å²) in [6, 6.07) is 10.1. The lowest BCUT2D eigenvalue weighted by molar-refractivity contribution is -0.119. The summed E-state index contributed by atoms with van der Waals surface area (Å²) in [5, 5.41) is 5.74. The van der Waals surface area contributed by atoms with Crippen molar-refractivity contribution < 1.29 is 13.6 Å². The average molecular weight is 311 g/mol. The number of carbonyl (C=O) groups excluding carboxylic acids is 1. The van der Waals surface area contributed by atoms with Crippen molar-refractivity contribution in [3.8, 4) is 0 Å². The van der Waals surface area contributed by atoms with Crippen LogP contribution in [-0.4, -0.2) is 12.5 Å². The lowest BCUT2D eigenvalue weighted by atomic mass is 10.2. The van der Waals surface area contributed by atoms with Crippen molar-refractivity contribution in [1.29, 1.82) is 0 Å². The van der Waals surface area contributed by atoms with Crippen LogP contribution >= 0.6 is 11.6 Å². The summed E-state index contributed by atoms with van der Waals surface area (Å²) in [5.74, 6) is -1.54. The number of anilines is 1. The van der Waals surface area contributed by atoms with Gasteiger partial charge in [-0.1, -0.05) is 29.8 Å². The average Bonchev–Trinajstić information content (AvgIpc) is 2.47. The highest BCUT2D eigenvalue weighted by Crippen LogP contribution is 2.15. The number of hydrogen-bond donors (Lipinski definition) is 2. The summed E-state index contributed by atoms with van der Waals surface area (Å²) < 4.78 is 26.3. The number of halogens is 3. The molecule has 6 heteroatoms. The maximum Gasteiger partial charge on any atom is 0.239 e. The van der Waals surface area contributed by atoms with Crippen LogP contribution in [0.15, 0.2) is 42.5 Å². The van der Waals surface area contributed by atoms with E-state index >= 15 is 0 Å². The Bertz CT molecular complexity index is 649. The molecule has 110 valence electrons. The largest absolute Gasteiger partial charge is 0.374 e. The molecule has 0 atom stereocenters. The van der Waals surface area contributed by atoms with Crippen molar-refractivity contribution >= 4 is 23.2 Å². The molecule has 0 radical (unpaired) electrons. The van der Waals surface area contributed by atoms with Gasteiger partial charge in [0.2, 0.25) is 5.91 Å². The van der Waals surface area contributed by atoms with Gasteiger partial charge in [0.1, 0.15) is 11.6 Å². The van der Waals surface area contributed by atoms with Crippen LogP contribution in [0.5, 0.6) is 0 Å². The van der Waals surface area contributed by atoms with Gasteiger partial charge in [-0.2, -0.15) is 0 Å². The second-order valence-electron chi connectivity index (χ2n) is 4.35. The quantitative estimate of drug-likeness (QED) is 0.889. The number of carbonyl (C=O) groups is 1. The Kier molecular flexibility index (Phi) is 5.11. The molecule has 0 saturated carbocycles. The number of nitrogens with one attached hydrogen (secondary N) is 2. The van der Waals surface area contributed by atoms with E-state index in [2.05, 4.69) is 10.6 Å². The lowest BCUT2D eigenvalue weighted by Gasteiger charge is -2.09. The first-order chi connectivity index (χ1) is 10.1. The minimum atomic E-state index is -0.615. The molecule has 2 rings (SSSR count). The van der Waals surface area contributed by atoms with Gasteiger partial charge in [-0.15, -0.1) is 0 Å². The fraction of sp³-hybridized carbons (Fsp3) is 0.133. The van der Waals surface area contributed by atoms with Crippen molar-refractivity contribution in [2.24, 2.45) is 0 Å². The van der Waals surface area contributed by atoms with Gasteiger partial charge in [0.05, 0.1) is 12.2 Å². The minimum absolute atomic E-state index is 0.0529. The SMILES string of the molecule is O=C(CNc1cc(F)ccc1F)NCc1ccccc1Cl. The lowest BCUT2D eigenvalue weighted by Crippen LogP contribution is -2.29. The van der Waals surface area contributed by atoms with E-state index in [0.29, 0.717) is 5.02 Å². The smallest absolute Gasteiger partial charge is 0.239 e. The fourth-order valence-electron chi connectivity index (χ4n) is 1.71. The molecule has 0 aliphatic heterocycles. The molecule has 0 aromatic heterocycles. The maximum atomic E-state index is 13.3. The fourth-order valence-corrected chi connectivity index (χ4v) is 1.91. The Labute approximate surface area is 125 Å². The number of rotatable bonds is 5. The molecule has 21 heavy (non-hydrogen) atoms. The molecule has 0 unspecified atom stereocenters. The predicted molar refractivity (Wildman–Crippen MR) is 78.1 cm³/mol. The molecule has 1 amide bonds. The van der Waals surface area contributed by atoms with E-state index in [-0.39, 0.29) is 24.7 Å². The van der Waals surface area contributed by atoms with Gasteiger partial charge >= 0.3 is 0 Å². The highest BCUT2D eigenvalue weighted by Gasteiger charge is 2.07. The van der Waals surface area contributed by atoms with Crippen molar-refractivity contribution in [1.82, 2.24) is 5.32 Å². The molecule has 2 aromatic carbocycles. The van der Waals surface area contributed by atoms with E-state index in [0.717, 1.165) is 23.8 Å². The Hall–Kier alpha value is -2.14. The Morgan fingerprint density at radius 3 is 2.67 bits per heavy atom. The van der Waals surface area contributed by atoms with Crippen LogP contribution in [0.1, 0.15) is 5.56 Å². The van der Waals surface area contributed by atoms with Crippen LogP contribution in [0, 0.1) is 11.6 Å². The predicted octanol–water partition coefficient (Wildman–Crippen LogP) is 3.35. The normalized spacial score (nSPS) is 10.2. The third-order valence-corrected chi connectivity index (χ3v) is 3.17. The zero-order valence-corrected chi connectivity index (χ0v) is 11.8. The van der Waals surface area contributed by atoms with Gasteiger partial charge in [0.15, 0.2) is 0 Å². The van der Waals surface area contributed by atoms with E-state index in [1.165, 1.54) is 0 Å². The van der Waals surface area contributed by atoms with Crippen LogP contribution in [-0.2, 0) is 11.3 Å². The summed E-state index contributed by atoms with van der Waals surface area (Å²) in [6.45, 7) is 0.108. The summed E-state index contributed by atoms with van der Waals surface area (Å²) in [5.41, 5.74) is 0.729. The molecule has 0 heterocycles. The number of hydrogen-bond acceptors (Lipinski definition) is 2. The summed E-state index contributed by atoms with van der Waals surface area (Å²) in [7, 11) is 0. The number of benzene rings is 2. The third kappa shape index (κ3) is 4.43. The Morgan fingerprint density at radius 1 is 1.14 bits per heavy atom. The molecule has 0 aliphatic rings. The Morgan fingerprint density at radius 2 is 1.90 bits per heavy atom. The standard InChI is InChI=1S/C15H13ClF2N2O/c16-12-4-2-1-3-10(12)8-20-15(21)9-19-14-7-11(17)5-6-13(14)18/h1-7,19H,8-9H2,(H,20,21).